The molecule has 0 aliphatic rings. The van der Waals surface area contributed by atoms with Crippen molar-refractivity contribution in [2.24, 2.45) is 0 Å². The van der Waals surface area contributed by atoms with E-state index in [1.165, 1.54) is 9.77 Å². The molecular formula is C15H13ClN2OS2. The van der Waals surface area contributed by atoms with E-state index in [4.69, 9.17) is 16.3 Å². The van der Waals surface area contributed by atoms with Crippen LogP contribution in [0.2, 0.25) is 5.28 Å². The highest BCUT2D eigenvalue weighted by atomic mass is 35.5. The maximum absolute atomic E-state index is 5.96. The summed E-state index contributed by atoms with van der Waals surface area (Å²) in [6.45, 7) is 2.08. The van der Waals surface area contributed by atoms with Gasteiger partial charge in [0, 0.05) is 27.1 Å². The van der Waals surface area contributed by atoms with Crippen molar-refractivity contribution in [1.82, 2.24) is 9.97 Å². The van der Waals surface area contributed by atoms with Crippen LogP contribution in [0.15, 0.2) is 29.3 Å². The smallest absolute Gasteiger partial charge is 0.222 e. The number of nitrogens with zero attached hydrogens (tertiary/aromatic N) is 2. The molecular weight excluding hydrogens is 324 g/mol. The molecule has 0 amide bonds. The zero-order valence-corrected chi connectivity index (χ0v) is 14.2. The molecule has 3 rings (SSSR count). The predicted octanol–water partition coefficient (Wildman–Crippen LogP) is 5.05. The quantitative estimate of drug-likeness (QED) is 0.495. The van der Waals surface area contributed by atoms with Gasteiger partial charge in [-0.25, -0.2) is 9.97 Å². The number of thioether (sulfide) groups is 1. The minimum Gasteiger partial charge on any atom is -0.496 e. The number of rotatable bonds is 3. The van der Waals surface area contributed by atoms with E-state index in [0.717, 1.165) is 27.1 Å². The van der Waals surface area contributed by atoms with Crippen LogP contribution in [-0.4, -0.2) is 23.3 Å². The summed E-state index contributed by atoms with van der Waals surface area (Å²) in [6, 6.07) is 6.22. The lowest BCUT2D eigenvalue weighted by molar-refractivity contribution is 0.415. The lowest BCUT2D eigenvalue weighted by atomic mass is 10.0. The average molecular weight is 337 g/mol. The molecule has 0 spiro atoms. The summed E-state index contributed by atoms with van der Waals surface area (Å²) in [6.07, 6.45) is 3.82. The number of ether oxygens (including phenoxy) is 1. The fourth-order valence-corrected chi connectivity index (χ4v) is 3.86. The van der Waals surface area contributed by atoms with E-state index in [9.17, 15) is 0 Å². The molecule has 2 aromatic heterocycles. The predicted molar refractivity (Wildman–Crippen MR) is 90.9 cm³/mol. The van der Waals surface area contributed by atoms with E-state index < -0.39 is 0 Å². The Morgan fingerprint density at radius 3 is 2.86 bits per heavy atom. The first-order chi connectivity index (χ1) is 10.1. The van der Waals surface area contributed by atoms with Crippen molar-refractivity contribution in [3.63, 3.8) is 0 Å². The molecule has 21 heavy (non-hydrogen) atoms. The van der Waals surface area contributed by atoms with Gasteiger partial charge < -0.3 is 4.74 Å². The third kappa shape index (κ3) is 2.61. The Balaban J connectivity index is 2.29. The summed E-state index contributed by atoms with van der Waals surface area (Å²) in [5.41, 5.74) is 2.99. The van der Waals surface area contributed by atoms with Gasteiger partial charge in [0.1, 0.15) is 5.75 Å². The van der Waals surface area contributed by atoms with Crippen LogP contribution in [0.3, 0.4) is 0 Å². The molecule has 0 radical (unpaired) electrons. The number of fused-ring (bicyclic) bond motifs is 1. The SMILES string of the molecule is COc1cc(SC)ccc1-c1c(C)sc2cnc(Cl)nc12. The van der Waals surface area contributed by atoms with E-state index in [0.29, 0.717) is 0 Å². The van der Waals surface area contributed by atoms with Gasteiger partial charge in [0.05, 0.1) is 17.3 Å². The highest BCUT2D eigenvalue weighted by Gasteiger charge is 2.17. The first-order valence-electron chi connectivity index (χ1n) is 6.28. The number of aromatic nitrogens is 2. The van der Waals surface area contributed by atoms with Gasteiger partial charge in [-0.3, -0.25) is 0 Å². The second-order valence-corrected chi connectivity index (χ2v) is 6.93. The van der Waals surface area contributed by atoms with Gasteiger partial charge in [-0.1, -0.05) is 0 Å². The monoisotopic (exact) mass is 336 g/mol. The van der Waals surface area contributed by atoms with Crippen LogP contribution in [-0.2, 0) is 0 Å². The van der Waals surface area contributed by atoms with Crippen molar-refractivity contribution < 1.29 is 4.74 Å². The summed E-state index contributed by atoms with van der Waals surface area (Å²) in [4.78, 5) is 10.8. The van der Waals surface area contributed by atoms with Crippen molar-refractivity contribution in [2.45, 2.75) is 11.8 Å². The van der Waals surface area contributed by atoms with E-state index in [2.05, 4.69) is 29.0 Å². The number of methoxy groups -OCH3 is 1. The Bertz CT molecular complexity index is 817. The van der Waals surface area contributed by atoms with E-state index in [-0.39, 0.29) is 5.28 Å². The molecule has 0 aliphatic carbocycles. The van der Waals surface area contributed by atoms with Crippen LogP contribution < -0.4 is 4.74 Å². The normalized spacial score (nSPS) is 11.0. The number of hydrogen-bond acceptors (Lipinski definition) is 5. The Kier molecular flexibility index (Phi) is 4.06. The van der Waals surface area contributed by atoms with Crippen LogP contribution in [0, 0.1) is 6.92 Å². The molecule has 108 valence electrons. The van der Waals surface area contributed by atoms with Crippen LogP contribution in [0.25, 0.3) is 21.3 Å². The Labute approximate surface area is 136 Å². The van der Waals surface area contributed by atoms with Gasteiger partial charge in [0.25, 0.3) is 0 Å². The minimum absolute atomic E-state index is 0.265. The second kappa shape index (κ2) is 5.83. The van der Waals surface area contributed by atoms with E-state index in [1.54, 1.807) is 36.4 Å². The zero-order valence-electron chi connectivity index (χ0n) is 11.8. The van der Waals surface area contributed by atoms with Gasteiger partial charge >= 0.3 is 0 Å². The van der Waals surface area contributed by atoms with E-state index in [1.807, 2.05) is 12.3 Å². The zero-order chi connectivity index (χ0) is 15.0. The van der Waals surface area contributed by atoms with Crippen LogP contribution in [0.5, 0.6) is 5.75 Å². The summed E-state index contributed by atoms with van der Waals surface area (Å²) in [7, 11) is 1.69. The fourth-order valence-electron chi connectivity index (χ4n) is 2.31. The Morgan fingerprint density at radius 1 is 1.33 bits per heavy atom. The van der Waals surface area contributed by atoms with Crippen molar-refractivity contribution in [3.8, 4) is 16.9 Å². The van der Waals surface area contributed by atoms with Crippen LogP contribution in [0.4, 0.5) is 0 Å². The molecule has 0 saturated heterocycles. The number of benzene rings is 1. The lowest BCUT2D eigenvalue weighted by Gasteiger charge is -2.10. The lowest BCUT2D eigenvalue weighted by Crippen LogP contribution is -1.90. The van der Waals surface area contributed by atoms with Gasteiger partial charge in [0.15, 0.2) is 0 Å². The maximum atomic E-state index is 5.96. The number of thiophene rings is 1. The third-order valence-corrected chi connectivity index (χ3v) is 5.19. The van der Waals surface area contributed by atoms with Crippen molar-refractivity contribution in [1.29, 1.82) is 0 Å². The van der Waals surface area contributed by atoms with Crippen molar-refractivity contribution in [2.75, 3.05) is 13.4 Å². The number of halogens is 1. The minimum atomic E-state index is 0.265. The highest BCUT2D eigenvalue weighted by Crippen LogP contribution is 2.42. The molecule has 0 bridgehead atoms. The molecule has 0 atom stereocenters. The molecule has 3 aromatic rings. The largest absolute Gasteiger partial charge is 0.496 e. The fraction of sp³-hybridized carbons (Fsp3) is 0.200. The molecule has 6 heteroatoms. The highest BCUT2D eigenvalue weighted by molar-refractivity contribution is 7.98. The second-order valence-electron chi connectivity index (χ2n) is 4.45. The van der Waals surface area contributed by atoms with Gasteiger partial charge in [-0.2, -0.15) is 0 Å². The summed E-state index contributed by atoms with van der Waals surface area (Å²) in [5.74, 6) is 0.847. The number of hydrogen-bond donors (Lipinski definition) is 0. The van der Waals surface area contributed by atoms with E-state index >= 15 is 0 Å². The van der Waals surface area contributed by atoms with Crippen molar-refractivity contribution in [3.05, 3.63) is 34.6 Å². The third-order valence-electron chi connectivity index (χ3n) is 3.26. The molecule has 0 saturated carbocycles. The summed E-state index contributed by atoms with van der Waals surface area (Å²) < 4.78 is 6.59. The number of aryl methyl sites for hydroxylation is 1. The molecule has 0 fully saturated rings. The van der Waals surface area contributed by atoms with Gasteiger partial charge in [-0.15, -0.1) is 23.1 Å². The topological polar surface area (TPSA) is 35.0 Å². The first-order valence-corrected chi connectivity index (χ1v) is 8.70. The molecule has 0 aliphatic heterocycles. The molecule has 1 aromatic carbocycles. The molecule has 2 heterocycles. The molecule has 3 nitrogen and oxygen atoms in total. The Hall–Kier alpha value is -1.30. The molecule has 0 N–H and O–H groups in total. The molecule has 0 unspecified atom stereocenters. The van der Waals surface area contributed by atoms with Gasteiger partial charge in [0.2, 0.25) is 5.28 Å². The summed E-state index contributed by atoms with van der Waals surface area (Å²) in [5, 5.41) is 0.265. The Morgan fingerprint density at radius 2 is 2.14 bits per heavy atom. The van der Waals surface area contributed by atoms with Crippen LogP contribution in [0.1, 0.15) is 4.88 Å². The van der Waals surface area contributed by atoms with Crippen LogP contribution >= 0.6 is 34.7 Å². The average Bonchev–Trinajstić information content (AvgIpc) is 2.81. The standard InChI is InChI=1S/C15H13ClN2OS2/c1-8-13(14-12(21-8)7-17-15(16)18-14)10-5-4-9(20-3)6-11(10)19-2/h4-7H,1-3H3. The van der Waals surface area contributed by atoms with Gasteiger partial charge in [-0.05, 0) is 43.0 Å². The summed E-state index contributed by atoms with van der Waals surface area (Å²) >= 11 is 9.31. The van der Waals surface area contributed by atoms with Crippen molar-refractivity contribution >= 4 is 44.9 Å². The first kappa shape index (κ1) is 14.6. The maximum Gasteiger partial charge on any atom is 0.222 e.